The Balaban J connectivity index is 2.80. The fourth-order valence-corrected chi connectivity index (χ4v) is 2.13. The molecular weight excluding hydrogens is 263 g/mol. The maximum absolute atomic E-state index is 14.2. The van der Waals surface area contributed by atoms with Crippen LogP contribution in [0.5, 0.6) is 0 Å². The number of rotatable bonds is 3. The van der Waals surface area contributed by atoms with E-state index in [0.29, 0.717) is 5.56 Å². The highest BCUT2D eigenvalue weighted by Gasteiger charge is 2.26. The second-order valence-electron chi connectivity index (χ2n) is 4.37. The van der Waals surface area contributed by atoms with Crippen molar-refractivity contribution in [1.82, 2.24) is 9.97 Å². The molecule has 0 radical (unpaired) electrons. The maximum atomic E-state index is 14.2. The van der Waals surface area contributed by atoms with Gasteiger partial charge in [-0.2, -0.15) is 0 Å². The minimum Gasteiger partial charge on any atom is -0.367 e. The van der Waals surface area contributed by atoms with Crippen LogP contribution in [0.1, 0.15) is 11.1 Å². The van der Waals surface area contributed by atoms with Gasteiger partial charge in [-0.15, -0.1) is 0 Å². The molecule has 0 aliphatic heterocycles. The van der Waals surface area contributed by atoms with E-state index in [1.165, 1.54) is 19.4 Å². The molecule has 0 aliphatic carbocycles. The van der Waals surface area contributed by atoms with Gasteiger partial charge in [-0.3, -0.25) is 10.1 Å². The Bertz CT molecular complexity index is 665. The summed E-state index contributed by atoms with van der Waals surface area (Å²) >= 11 is 0. The van der Waals surface area contributed by atoms with Gasteiger partial charge in [0.05, 0.1) is 4.92 Å². The topological polar surface area (TPSA) is 81.0 Å². The van der Waals surface area contributed by atoms with Gasteiger partial charge in [-0.1, -0.05) is 6.07 Å². The van der Waals surface area contributed by atoms with Crippen LogP contribution in [-0.2, 0) is 0 Å². The van der Waals surface area contributed by atoms with E-state index in [1.54, 1.807) is 19.9 Å². The zero-order chi connectivity index (χ0) is 14.9. The minimum absolute atomic E-state index is 0.0237. The summed E-state index contributed by atoms with van der Waals surface area (Å²) in [5, 5.41) is 13.8. The van der Waals surface area contributed by atoms with Gasteiger partial charge in [0.15, 0.2) is 5.69 Å². The molecule has 0 aliphatic rings. The van der Waals surface area contributed by atoms with E-state index in [-0.39, 0.29) is 22.8 Å². The predicted octanol–water partition coefficient (Wildman–Crippen LogP) is 2.85. The highest BCUT2D eigenvalue weighted by Crippen LogP contribution is 2.36. The number of aryl methyl sites for hydroxylation is 2. The Hall–Kier alpha value is -2.57. The average molecular weight is 276 g/mol. The van der Waals surface area contributed by atoms with Crippen molar-refractivity contribution in [3.63, 3.8) is 0 Å². The fraction of sp³-hybridized carbons (Fsp3) is 0.231. The number of nitrogens with one attached hydrogen (secondary N) is 1. The maximum Gasteiger partial charge on any atom is 0.337 e. The molecule has 1 heterocycles. The fourth-order valence-electron chi connectivity index (χ4n) is 2.13. The van der Waals surface area contributed by atoms with Crippen molar-refractivity contribution in [1.29, 1.82) is 0 Å². The quantitative estimate of drug-likeness (QED) is 0.688. The van der Waals surface area contributed by atoms with Crippen LogP contribution >= 0.6 is 0 Å². The van der Waals surface area contributed by atoms with Gasteiger partial charge in [-0.05, 0) is 31.0 Å². The van der Waals surface area contributed by atoms with Gasteiger partial charge in [0.2, 0.25) is 5.82 Å². The number of nitro groups is 1. The standard InChI is InChI=1S/C13H13FN4O2/c1-7-4-8(2)10(9(14)5-7)11-12(18(19)20)13(15-3)17-6-16-11/h4-6H,1-3H3,(H,15,16,17). The van der Waals surface area contributed by atoms with Crippen molar-refractivity contribution in [2.45, 2.75) is 13.8 Å². The Morgan fingerprint density at radius 1 is 1.30 bits per heavy atom. The number of hydrogen-bond acceptors (Lipinski definition) is 5. The van der Waals surface area contributed by atoms with E-state index >= 15 is 0 Å². The number of benzene rings is 1. The summed E-state index contributed by atoms with van der Waals surface area (Å²) in [6, 6.07) is 3.08. The predicted molar refractivity (Wildman–Crippen MR) is 73.1 cm³/mol. The second-order valence-corrected chi connectivity index (χ2v) is 4.37. The van der Waals surface area contributed by atoms with Crippen molar-refractivity contribution in [3.05, 3.63) is 45.5 Å². The van der Waals surface area contributed by atoms with Crippen LogP contribution in [0.2, 0.25) is 0 Å². The third kappa shape index (κ3) is 2.29. The van der Waals surface area contributed by atoms with E-state index in [1.807, 2.05) is 0 Å². The highest BCUT2D eigenvalue weighted by molar-refractivity contribution is 5.78. The molecule has 2 aromatic rings. The first-order valence-corrected chi connectivity index (χ1v) is 5.90. The molecule has 7 heteroatoms. The summed E-state index contributed by atoms with van der Waals surface area (Å²) in [4.78, 5) is 18.3. The normalized spacial score (nSPS) is 10.4. The monoisotopic (exact) mass is 276 g/mol. The Morgan fingerprint density at radius 3 is 2.55 bits per heavy atom. The molecule has 0 atom stereocenters. The van der Waals surface area contributed by atoms with Crippen LogP contribution in [-0.4, -0.2) is 21.9 Å². The third-order valence-electron chi connectivity index (χ3n) is 2.91. The van der Waals surface area contributed by atoms with E-state index in [9.17, 15) is 14.5 Å². The summed E-state index contributed by atoms with van der Waals surface area (Å²) in [6.45, 7) is 3.45. The molecule has 1 N–H and O–H groups in total. The third-order valence-corrected chi connectivity index (χ3v) is 2.91. The number of nitrogens with zero attached hydrogens (tertiary/aromatic N) is 3. The van der Waals surface area contributed by atoms with E-state index < -0.39 is 10.7 Å². The van der Waals surface area contributed by atoms with Crippen molar-refractivity contribution in [2.24, 2.45) is 0 Å². The summed E-state index contributed by atoms with van der Waals surface area (Å²) in [6.07, 6.45) is 1.17. The first-order chi connectivity index (χ1) is 9.45. The van der Waals surface area contributed by atoms with Crippen molar-refractivity contribution < 1.29 is 9.31 Å². The molecule has 1 aromatic carbocycles. The van der Waals surface area contributed by atoms with Crippen molar-refractivity contribution >= 4 is 11.5 Å². The van der Waals surface area contributed by atoms with Crippen molar-refractivity contribution in [2.75, 3.05) is 12.4 Å². The highest BCUT2D eigenvalue weighted by atomic mass is 19.1. The molecule has 20 heavy (non-hydrogen) atoms. The lowest BCUT2D eigenvalue weighted by Crippen LogP contribution is -2.04. The van der Waals surface area contributed by atoms with Crippen LogP contribution < -0.4 is 5.32 Å². The van der Waals surface area contributed by atoms with Gasteiger partial charge >= 0.3 is 5.69 Å². The number of aromatic nitrogens is 2. The van der Waals surface area contributed by atoms with Crippen LogP contribution in [0.4, 0.5) is 15.9 Å². The van der Waals surface area contributed by atoms with Crippen LogP contribution in [0.25, 0.3) is 11.3 Å². The Morgan fingerprint density at radius 2 is 2.00 bits per heavy atom. The summed E-state index contributed by atoms with van der Waals surface area (Å²) < 4.78 is 14.2. The lowest BCUT2D eigenvalue weighted by atomic mass is 10.0. The number of halogens is 1. The summed E-state index contributed by atoms with van der Waals surface area (Å²) in [5.41, 5.74) is 1.10. The zero-order valence-electron chi connectivity index (χ0n) is 11.3. The molecule has 6 nitrogen and oxygen atoms in total. The Kier molecular flexibility index (Phi) is 3.60. The summed E-state index contributed by atoms with van der Waals surface area (Å²) in [7, 11) is 1.51. The number of hydrogen-bond donors (Lipinski definition) is 1. The van der Waals surface area contributed by atoms with Crippen LogP contribution in [0.3, 0.4) is 0 Å². The van der Waals surface area contributed by atoms with Crippen molar-refractivity contribution in [3.8, 4) is 11.3 Å². The van der Waals surface area contributed by atoms with E-state index in [2.05, 4.69) is 15.3 Å². The first kappa shape index (κ1) is 13.9. The van der Waals surface area contributed by atoms with Gasteiger partial charge in [0.25, 0.3) is 0 Å². The molecule has 0 fully saturated rings. The van der Waals surface area contributed by atoms with Gasteiger partial charge in [0, 0.05) is 12.6 Å². The number of anilines is 1. The molecule has 0 saturated heterocycles. The minimum atomic E-state index is -0.611. The SMILES string of the molecule is CNc1ncnc(-c2c(C)cc(C)cc2F)c1[N+](=O)[O-]. The molecule has 0 spiro atoms. The first-order valence-electron chi connectivity index (χ1n) is 5.90. The largest absolute Gasteiger partial charge is 0.367 e. The van der Waals surface area contributed by atoms with Gasteiger partial charge in [-0.25, -0.2) is 14.4 Å². The Labute approximate surface area is 114 Å². The molecule has 0 unspecified atom stereocenters. The molecule has 0 bridgehead atoms. The molecule has 2 rings (SSSR count). The van der Waals surface area contributed by atoms with Gasteiger partial charge in [0.1, 0.15) is 12.1 Å². The van der Waals surface area contributed by atoms with Gasteiger partial charge < -0.3 is 5.32 Å². The van der Waals surface area contributed by atoms with Crippen LogP contribution in [0, 0.1) is 29.8 Å². The smallest absolute Gasteiger partial charge is 0.337 e. The molecule has 0 amide bonds. The molecular formula is C13H13FN4O2. The lowest BCUT2D eigenvalue weighted by molar-refractivity contribution is -0.383. The lowest BCUT2D eigenvalue weighted by Gasteiger charge is -2.10. The second kappa shape index (κ2) is 5.20. The zero-order valence-corrected chi connectivity index (χ0v) is 11.3. The van der Waals surface area contributed by atoms with E-state index in [4.69, 9.17) is 0 Å². The average Bonchev–Trinajstić information content (AvgIpc) is 2.36. The molecule has 104 valence electrons. The molecule has 1 aromatic heterocycles. The summed E-state index contributed by atoms with van der Waals surface area (Å²) in [5.74, 6) is -0.481. The molecule has 0 saturated carbocycles. The van der Waals surface area contributed by atoms with E-state index in [0.717, 1.165) is 5.56 Å². The van der Waals surface area contributed by atoms with Crippen LogP contribution in [0.15, 0.2) is 18.5 Å².